The fourth-order valence-corrected chi connectivity index (χ4v) is 2.91. The fourth-order valence-electron chi connectivity index (χ4n) is 2.91. The molecule has 1 heterocycles. The molecule has 1 aliphatic heterocycles. The summed E-state index contributed by atoms with van der Waals surface area (Å²) in [6.45, 7) is 9.15. The first kappa shape index (κ1) is 16.3. The van der Waals surface area contributed by atoms with Gasteiger partial charge in [-0.3, -0.25) is 0 Å². The van der Waals surface area contributed by atoms with Crippen LogP contribution in [0.1, 0.15) is 51.6 Å². The molecule has 1 aliphatic rings. The molecule has 118 valence electrons. The van der Waals surface area contributed by atoms with Crippen molar-refractivity contribution in [3.8, 4) is 5.75 Å². The van der Waals surface area contributed by atoms with E-state index in [9.17, 15) is 0 Å². The van der Waals surface area contributed by atoms with Crippen LogP contribution in [-0.2, 0) is 4.74 Å². The van der Waals surface area contributed by atoms with E-state index in [1.807, 2.05) is 0 Å². The summed E-state index contributed by atoms with van der Waals surface area (Å²) in [6.07, 6.45) is 3.78. The highest BCUT2D eigenvalue weighted by atomic mass is 16.5. The van der Waals surface area contributed by atoms with E-state index in [1.54, 1.807) is 0 Å². The summed E-state index contributed by atoms with van der Waals surface area (Å²) in [5, 5.41) is 3.69. The van der Waals surface area contributed by atoms with Gasteiger partial charge in [-0.25, -0.2) is 0 Å². The summed E-state index contributed by atoms with van der Waals surface area (Å²) >= 11 is 0. The van der Waals surface area contributed by atoms with E-state index in [-0.39, 0.29) is 6.10 Å². The highest BCUT2D eigenvalue weighted by Crippen LogP contribution is 2.30. The summed E-state index contributed by atoms with van der Waals surface area (Å²) in [5.41, 5.74) is 1.34. The lowest BCUT2D eigenvalue weighted by Crippen LogP contribution is -2.33. The molecule has 0 amide bonds. The van der Waals surface area contributed by atoms with Gasteiger partial charge in [-0.1, -0.05) is 19.1 Å². The van der Waals surface area contributed by atoms with Crippen LogP contribution in [-0.4, -0.2) is 25.9 Å². The quantitative estimate of drug-likeness (QED) is 0.825. The molecule has 1 fully saturated rings. The largest absolute Gasteiger partial charge is 0.491 e. The smallest absolute Gasteiger partial charge is 0.119 e. The molecule has 2 atom stereocenters. The molecule has 0 aromatic heterocycles. The van der Waals surface area contributed by atoms with Crippen LogP contribution in [0.2, 0.25) is 0 Å². The predicted octanol–water partition coefficient (Wildman–Crippen LogP) is 3.94. The van der Waals surface area contributed by atoms with Gasteiger partial charge in [-0.05, 0) is 57.4 Å². The van der Waals surface area contributed by atoms with Crippen LogP contribution in [0.5, 0.6) is 5.75 Å². The van der Waals surface area contributed by atoms with Crippen molar-refractivity contribution in [2.24, 2.45) is 5.92 Å². The van der Waals surface area contributed by atoms with Gasteiger partial charge < -0.3 is 14.8 Å². The molecule has 2 unspecified atom stereocenters. The summed E-state index contributed by atoms with van der Waals surface area (Å²) in [7, 11) is 0. The van der Waals surface area contributed by atoms with Crippen molar-refractivity contribution in [3.05, 3.63) is 29.8 Å². The monoisotopic (exact) mass is 291 g/mol. The number of benzene rings is 1. The summed E-state index contributed by atoms with van der Waals surface area (Å²) in [5.74, 6) is 1.52. The van der Waals surface area contributed by atoms with Gasteiger partial charge in [0.05, 0.1) is 12.7 Å². The Balaban J connectivity index is 2.07. The SMILES string of the molecule is CCCNC(c1ccc(OC(C)C)cc1)C1CCCOC1. The summed E-state index contributed by atoms with van der Waals surface area (Å²) in [4.78, 5) is 0. The third kappa shape index (κ3) is 5.01. The van der Waals surface area contributed by atoms with E-state index >= 15 is 0 Å². The Hall–Kier alpha value is -1.06. The Kier molecular flexibility index (Phi) is 6.52. The Morgan fingerprint density at radius 2 is 2.05 bits per heavy atom. The zero-order valence-electron chi connectivity index (χ0n) is 13.6. The van der Waals surface area contributed by atoms with Crippen LogP contribution in [0.4, 0.5) is 0 Å². The van der Waals surface area contributed by atoms with Gasteiger partial charge in [0, 0.05) is 18.6 Å². The van der Waals surface area contributed by atoms with Crippen molar-refractivity contribution in [2.75, 3.05) is 19.8 Å². The molecule has 0 spiro atoms. The molecule has 2 rings (SSSR count). The average molecular weight is 291 g/mol. The number of hydrogen-bond donors (Lipinski definition) is 1. The molecular weight excluding hydrogens is 262 g/mol. The molecule has 0 aliphatic carbocycles. The van der Waals surface area contributed by atoms with Crippen molar-refractivity contribution in [1.29, 1.82) is 0 Å². The Bertz CT molecular complexity index is 396. The third-order valence-electron chi connectivity index (χ3n) is 3.89. The normalized spacial score (nSPS) is 20.5. The lowest BCUT2D eigenvalue weighted by atomic mass is 9.88. The van der Waals surface area contributed by atoms with E-state index in [1.165, 1.54) is 18.4 Å². The van der Waals surface area contributed by atoms with Crippen molar-refractivity contribution < 1.29 is 9.47 Å². The van der Waals surface area contributed by atoms with Gasteiger partial charge >= 0.3 is 0 Å². The second-order valence-electron chi connectivity index (χ2n) is 6.14. The fraction of sp³-hybridized carbons (Fsp3) is 0.667. The molecule has 1 aromatic rings. The number of ether oxygens (including phenoxy) is 2. The summed E-state index contributed by atoms with van der Waals surface area (Å²) in [6, 6.07) is 8.94. The van der Waals surface area contributed by atoms with Gasteiger partial charge in [0.25, 0.3) is 0 Å². The molecule has 1 saturated heterocycles. The van der Waals surface area contributed by atoms with Gasteiger partial charge in [-0.2, -0.15) is 0 Å². The van der Waals surface area contributed by atoms with Crippen LogP contribution in [0.15, 0.2) is 24.3 Å². The van der Waals surface area contributed by atoms with E-state index < -0.39 is 0 Å². The first-order chi connectivity index (χ1) is 10.2. The minimum absolute atomic E-state index is 0.219. The number of nitrogens with one attached hydrogen (secondary N) is 1. The molecule has 3 heteroatoms. The van der Waals surface area contributed by atoms with Crippen LogP contribution < -0.4 is 10.1 Å². The predicted molar refractivity (Wildman–Crippen MR) is 86.8 cm³/mol. The Morgan fingerprint density at radius 3 is 2.62 bits per heavy atom. The zero-order chi connectivity index (χ0) is 15.1. The van der Waals surface area contributed by atoms with Crippen LogP contribution in [0.25, 0.3) is 0 Å². The molecule has 3 nitrogen and oxygen atoms in total. The molecule has 1 N–H and O–H groups in total. The standard InChI is InChI=1S/C18H29NO2/c1-4-11-19-18(16-6-5-12-20-13-16)15-7-9-17(10-8-15)21-14(2)3/h7-10,14,16,18-19H,4-6,11-13H2,1-3H3. The van der Waals surface area contributed by atoms with Crippen molar-refractivity contribution in [1.82, 2.24) is 5.32 Å². The maximum Gasteiger partial charge on any atom is 0.119 e. The van der Waals surface area contributed by atoms with Crippen molar-refractivity contribution in [3.63, 3.8) is 0 Å². The van der Waals surface area contributed by atoms with Crippen LogP contribution >= 0.6 is 0 Å². The van der Waals surface area contributed by atoms with Crippen molar-refractivity contribution in [2.45, 2.75) is 52.2 Å². The molecular formula is C18H29NO2. The minimum atomic E-state index is 0.219. The van der Waals surface area contributed by atoms with E-state index in [0.29, 0.717) is 12.0 Å². The molecule has 0 radical (unpaired) electrons. The van der Waals surface area contributed by atoms with Crippen LogP contribution in [0.3, 0.4) is 0 Å². The number of rotatable bonds is 7. The molecule has 21 heavy (non-hydrogen) atoms. The first-order valence-electron chi connectivity index (χ1n) is 8.28. The summed E-state index contributed by atoms with van der Waals surface area (Å²) < 4.78 is 11.4. The highest BCUT2D eigenvalue weighted by Gasteiger charge is 2.25. The van der Waals surface area contributed by atoms with Gasteiger partial charge in [0.2, 0.25) is 0 Å². The Labute approximate surface area is 129 Å². The minimum Gasteiger partial charge on any atom is -0.491 e. The zero-order valence-corrected chi connectivity index (χ0v) is 13.6. The topological polar surface area (TPSA) is 30.5 Å². The van der Waals surface area contributed by atoms with Gasteiger partial charge in [0.15, 0.2) is 0 Å². The van der Waals surface area contributed by atoms with Gasteiger partial charge in [-0.15, -0.1) is 0 Å². The number of hydrogen-bond acceptors (Lipinski definition) is 3. The Morgan fingerprint density at radius 1 is 1.29 bits per heavy atom. The second kappa shape index (κ2) is 8.40. The van der Waals surface area contributed by atoms with E-state index in [4.69, 9.17) is 9.47 Å². The van der Waals surface area contributed by atoms with Crippen molar-refractivity contribution >= 4 is 0 Å². The molecule has 1 aromatic carbocycles. The lowest BCUT2D eigenvalue weighted by Gasteiger charge is -2.31. The molecule has 0 bridgehead atoms. The van der Waals surface area contributed by atoms with E-state index in [0.717, 1.165) is 31.9 Å². The second-order valence-corrected chi connectivity index (χ2v) is 6.14. The van der Waals surface area contributed by atoms with Crippen LogP contribution in [0, 0.1) is 5.92 Å². The lowest BCUT2D eigenvalue weighted by molar-refractivity contribution is 0.0390. The highest BCUT2D eigenvalue weighted by molar-refractivity contribution is 5.29. The van der Waals surface area contributed by atoms with Gasteiger partial charge in [0.1, 0.15) is 5.75 Å². The first-order valence-corrected chi connectivity index (χ1v) is 8.28. The maximum absolute atomic E-state index is 5.73. The molecule has 0 saturated carbocycles. The third-order valence-corrected chi connectivity index (χ3v) is 3.89. The van der Waals surface area contributed by atoms with E-state index in [2.05, 4.69) is 50.4 Å². The average Bonchev–Trinajstić information content (AvgIpc) is 2.50. The maximum atomic E-state index is 5.73.